The molecule has 3 N–H and O–H groups in total. The standard InChI is InChI=1S/C21H28F2N4O2S.C6H10FNO/c1-12-16(30-20(26-12)19(28)25-11-21(2,3)29)13-9-15(17(22)23)18(24-10-13)27-14-7-5-4-6-8-14;7-6-1-3-8(5-9)4-2-6/h9-10,14,17,29H,4-8,11H2,1-3H3,(H,24,27)(H,25,28);5-6H,1-4H2. The number of anilines is 1. The topological polar surface area (TPSA) is 107 Å². The van der Waals surface area contributed by atoms with E-state index in [2.05, 4.69) is 20.6 Å². The molecule has 0 bridgehead atoms. The summed E-state index contributed by atoms with van der Waals surface area (Å²) in [6, 6.07) is 1.60. The number of thiazole rings is 1. The largest absolute Gasteiger partial charge is 0.389 e. The van der Waals surface area contributed by atoms with E-state index in [1.165, 1.54) is 12.5 Å². The lowest BCUT2D eigenvalue weighted by Crippen LogP contribution is -2.38. The molecule has 1 saturated carbocycles. The molecule has 0 spiro atoms. The van der Waals surface area contributed by atoms with Gasteiger partial charge in [0, 0.05) is 37.4 Å². The van der Waals surface area contributed by atoms with Gasteiger partial charge in [-0.05, 0) is 52.5 Å². The fraction of sp³-hybridized carbons (Fsp3) is 0.630. The first-order chi connectivity index (χ1) is 18.5. The van der Waals surface area contributed by atoms with Gasteiger partial charge in [-0.1, -0.05) is 19.3 Å². The van der Waals surface area contributed by atoms with Gasteiger partial charge >= 0.3 is 0 Å². The Morgan fingerprint density at radius 1 is 1.23 bits per heavy atom. The molecule has 2 aromatic heterocycles. The van der Waals surface area contributed by atoms with Crippen molar-refractivity contribution in [2.75, 3.05) is 25.0 Å². The molecule has 4 rings (SSSR count). The third-order valence-corrected chi connectivity index (χ3v) is 7.85. The number of aryl methyl sites for hydroxylation is 1. The molecule has 8 nitrogen and oxygen atoms in total. The van der Waals surface area contributed by atoms with Crippen LogP contribution in [0.15, 0.2) is 12.3 Å². The normalized spacial score (nSPS) is 17.0. The van der Waals surface area contributed by atoms with Crippen LogP contribution in [-0.4, -0.2) is 69.7 Å². The van der Waals surface area contributed by atoms with E-state index < -0.39 is 24.1 Å². The van der Waals surface area contributed by atoms with Gasteiger partial charge in [0.1, 0.15) is 12.0 Å². The molecular weight excluding hydrogens is 531 g/mol. The molecule has 39 heavy (non-hydrogen) atoms. The molecule has 0 unspecified atom stereocenters. The van der Waals surface area contributed by atoms with Crippen molar-refractivity contribution in [2.45, 2.75) is 90.0 Å². The molecule has 1 saturated heterocycles. The number of halogens is 3. The van der Waals surface area contributed by atoms with Crippen molar-refractivity contribution in [3.63, 3.8) is 0 Å². The van der Waals surface area contributed by atoms with Crippen LogP contribution >= 0.6 is 11.3 Å². The predicted molar refractivity (Wildman–Crippen MR) is 146 cm³/mol. The summed E-state index contributed by atoms with van der Waals surface area (Å²) in [6.45, 7) is 6.17. The number of carbonyl (C=O) groups excluding carboxylic acids is 2. The van der Waals surface area contributed by atoms with Crippen LogP contribution in [0.1, 0.15) is 86.3 Å². The number of likely N-dealkylation sites (tertiary alicyclic amines) is 1. The summed E-state index contributed by atoms with van der Waals surface area (Å²) in [6.07, 6.45) is 5.32. The van der Waals surface area contributed by atoms with Crippen molar-refractivity contribution in [1.82, 2.24) is 20.2 Å². The van der Waals surface area contributed by atoms with Crippen molar-refractivity contribution in [1.29, 1.82) is 0 Å². The van der Waals surface area contributed by atoms with Crippen LogP contribution < -0.4 is 10.6 Å². The number of amides is 2. The van der Waals surface area contributed by atoms with Crippen LogP contribution in [0.5, 0.6) is 0 Å². The van der Waals surface area contributed by atoms with Gasteiger partial charge in [0.25, 0.3) is 12.3 Å². The van der Waals surface area contributed by atoms with Gasteiger partial charge < -0.3 is 20.6 Å². The van der Waals surface area contributed by atoms with Crippen molar-refractivity contribution < 1.29 is 27.9 Å². The lowest BCUT2D eigenvalue weighted by molar-refractivity contribution is -0.119. The summed E-state index contributed by atoms with van der Waals surface area (Å²) in [7, 11) is 0. The fourth-order valence-electron chi connectivity index (χ4n) is 4.44. The van der Waals surface area contributed by atoms with Crippen LogP contribution in [0.25, 0.3) is 10.4 Å². The summed E-state index contributed by atoms with van der Waals surface area (Å²) in [5.41, 5.74) is -0.0967. The SMILES string of the molecule is Cc1nc(C(=O)NCC(C)(C)O)sc1-c1cnc(NC2CCCCC2)c(C(F)F)c1.O=CN1CCC(F)CC1. The minimum atomic E-state index is -2.66. The van der Waals surface area contributed by atoms with E-state index >= 15 is 0 Å². The molecule has 2 fully saturated rings. The zero-order valence-electron chi connectivity index (χ0n) is 22.7. The average Bonchev–Trinajstić information content (AvgIpc) is 3.30. The molecule has 0 radical (unpaired) electrons. The summed E-state index contributed by atoms with van der Waals surface area (Å²) in [5.74, 6) is -0.180. The van der Waals surface area contributed by atoms with Gasteiger partial charge in [-0.15, -0.1) is 11.3 Å². The maximum absolute atomic E-state index is 13.7. The quantitative estimate of drug-likeness (QED) is 0.374. The summed E-state index contributed by atoms with van der Waals surface area (Å²) >= 11 is 1.12. The van der Waals surface area contributed by atoms with E-state index in [-0.39, 0.29) is 29.0 Å². The Morgan fingerprint density at radius 2 is 1.90 bits per heavy atom. The summed E-state index contributed by atoms with van der Waals surface area (Å²) in [5, 5.41) is 15.8. The maximum Gasteiger partial charge on any atom is 0.280 e. The van der Waals surface area contributed by atoms with Crippen molar-refractivity contribution >= 4 is 29.5 Å². The second kappa shape index (κ2) is 14.1. The van der Waals surface area contributed by atoms with Gasteiger partial charge in [-0.3, -0.25) is 9.59 Å². The van der Waals surface area contributed by atoms with Gasteiger partial charge in [-0.2, -0.15) is 0 Å². The molecule has 1 aliphatic carbocycles. The van der Waals surface area contributed by atoms with E-state index in [1.807, 2.05) is 0 Å². The van der Waals surface area contributed by atoms with Gasteiger partial charge in [0.2, 0.25) is 6.41 Å². The second-order valence-corrected chi connectivity index (χ2v) is 11.7. The van der Waals surface area contributed by atoms with Gasteiger partial charge in [-0.25, -0.2) is 23.1 Å². The molecule has 0 aromatic carbocycles. The Labute approximate surface area is 231 Å². The number of pyridine rings is 1. The van der Waals surface area contributed by atoms with Crippen LogP contribution in [-0.2, 0) is 4.79 Å². The fourth-order valence-corrected chi connectivity index (χ4v) is 5.40. The first-order valence-electron chi connectivity index (χ1n) is 13.3. The van der Waals surface area contributed by atoms with Crippen LogP contribution in [0.4, 0.5) is 19.0 Å². The number of aromatic nitrogens is 2. The van der Waals surface area contributed by atoms with E-state index in [4.69, 9.17) is 0 Å². The molecule has 2 amide bonds. The molecule has 2 aliphatic rings. The van der Waals surface area contributed by atoms with Crippen molar-refractivity contribution in [3.05, 3.63) is 28.5 Å². The number of piperidine rings is 1. The van der Waals surface area contributed by atoms with Crippen molar-refractivity contribution in [2.24, 2.45) is 0 Å². The number of carbonyl (C=O) groups is 2. The first-order valence-corrected chi connectivity index (χ1v) is 14.1. The molecular formula is C27H38F3N5O3S. The van der Waals surface area contributed by atoms with E-state index in [1.54, 1.807) is 31.9 Å². The van der Waals surface area contributed by atoms with Crippen LogP contribution in [0.2, 0.25) is 0 Å². The minimum absolute atomic E-state index is 0.0818. The molecule has 12 heteroatoms. The highest BCUT2D eigenvalue weighted by Crippen LogP contribution is 2.35. The Hall–Kier alpha value is -2.73. The summed E-state index contributed by atoms with van der Waals surface area (Å²) in [4.78, 5) is 33.2. The van der Waals surface area contributed by atoms with Gasteiger partial charge in [0.15, 0.2) is 5.01 Å². The Bertz CT molecular complexity index is 1090. The monoisotopic (exact) mass is 569 g/mol. The van der Waals surface area contributed by atoms with Crippen LogP contribution in [0, 0.1) is 6.92 Å². The number of nitrogens with one attached hydrogen (secondary N) is 2. The smallest absolute Gasteiger partial charge is 0.280 e. The predicted octanol–water partition coefficient (Wildman–Crippen LogP) is 5.27. The number of hydrogen-bond acceptors (Lipinski definition) is 7. The highest BCUT2D eigenvalue weighted by molar-refractivity contribution is 7.17. The lowest BCUT2D eigenvalue weighted by Gasteiger charge is -2.24. The summed E-state index contributed by atoms with van der Waals surface area (Å²) < 4.78 is 39.8. The third-order valence-electron chi connectivity index (χ3n) is 6.64. The minimum Gasteiger partial charge on any atom is -0.389 e. The zero-order chi connectivity index (χ0) is 28.6. The maximum atomic E-state index is 13.7. The number of alkyl halides is 3. The van der Waals surface area contributed by atoms with E-state index in [0.717, 1.165) is 43.4 Å². The number of rotatable bonds is 8. The molecule has 2 aromatic rings. The lowest BCUT2D eigenvalue weighted by atomic mass is 9.95. The van der Waals surface area contributed by atoms with Crippen molar-refractivity contribution in [3.8, 4) is 10.4 Å². The van der Waals surface area contributed by atoms with Gasteiger partial charge in [0.05, 0.1) is 21.7 Å². The van der Waals surface area contributed by atoms with E-state index in [9.17, 15) is 27.9 Å². The highest BCUT2D eigenvalue weighted by atomic mass is 32.1. The first kappa shape index (κ1) is 30.8. The number of nitrogens with zero attached hydrogens (tertiary/aromatic N) is 3. The molecule has 1 aliphatic heterocycles. The number of aliphatic hydroxyl groups is 1. The average molecular weight is 570 g/mol. The van der Waals surface area contributed by atoms with E-state index in [0.29, 0.717) is 42.1 Å². The number of hydrogen-bond donors (Lipinski definition) is 3. The highest BCUT2D eigenvalue weighted by Gasteiger charge is 2.23. The molecule has 3 heterocycles. The molecule has 216 valence electrons. The Kier molecular flexibility index (Phi) is 11.1. The Balaban J connectivity index is 0.000000395. The Morgan fingerprint density at radius 3 is 2.49 bits per heavy atom. The third kappa shape index (κ3) is 9.45. The zero-order valence-corrected chi connectivity index (χ0v) is 23.5. The van der Waals surface area contributed by atoms with Crippen LogP contribution in [0.3, 0.4) is 0 Å². The second-order valence-electron chi connectivity index (χ2n) is 10.7. The molecule has 0 atom stereocenters.